The highest BCUT2D eigenvalue weighted by atomic mass is 19.1. The first kappa shape index (κ1) is 19.7. The highest BCUT2D eigenvalue weighted by Gasteiger charge is 2.20. The first-order chi connectivity index (χ1) is 14.5. The van der Waals surface area contributed by atoms with Crippen LogP contribution in [-0.2, 0) is 0 Å². The van der Waals surface area contributed by atoms with Gasteiger partial charge < -0.3 is 20.0 Å². The number of anilines is 3. The fraction of sp³-hybridized carbons (Fsp3) is 0.217. The third-order valence-electron chi connectivity index (χ3n) is 5.17. The van der Waals surface area contributed by atoms with Gasteiger partial charge in [0.2, 0.25) is 0 Å². The Morgan fingerprint density at radius 3 is 2.53 bits per heavy atom. The number of benzene rings is 2. The van der Waals surface area contributed by atoms with Gasteiger partial charge in [0.25, 0.3) is 11.8 Å². The van der Waals surface area contributed by atoms with Crippen molar-refractivity contribution < 1.29 is 18.4 Å². The molecular weight excluding hydrogens is 385 g/mol. The molecule has 30 heavy (non-hydrogen) atoms. The second-order valence-corrected chi connectivity index (χ2v) is 7.24. The van der Waals surface area contributed by atoms with Crippen LogP contribution in [-0.4, -0.2) is 24.9 Å². The number of nitrogens with one attached hydrogen (secondary N) is 2. The molecule has 0 bridgehead atoms. The van der Waals surface area contributed by atoms with Crippen LogP contribution in [0.25, 0.3) is 0 Å². The van der Waals surface area contributed by atoms with E-state index in [1.54, 1.807) is 36.4 Å². The average molecular weight is 407 g/mol. The van der Waals surface area contributed by atoms with Crippen molar-refractivity contribution in [2.45, 2.75) is 19.8 Å². The van der Waals surface area contributed by atoms with Gasteiger partial charge in [0.05, 0.1) is 12.0 Å². The summed E-state index contributed by atoms with van der Waals surface area (Å²) in [5.41, 5.74) is 2.43. The van der Waals surface area contributed by atoms with Crippen molar-refractivity contribution in [1.29, 1.82) is 0 Å². The summed E-state index contributed by atoms with van der Waals surface area (Å²) in [6.45, 7) is 3.49. The number of carbonyl (C=O) groups is 2. The maximum absolute atomic E-state index is 14.5. The van der Waals surface area contributed by atoms with Gasteiger partial charge in [0.15, 0.2) is 5.76 Å². The second kappa shape index (κ2) is 8.41. The fourth-order valence-corrected chi connectivity index (χ4v) is 3.53. The third-order valence-corrected chi connectivity index (χ3v) is 5.17. The van der Waals surface area contributed by atoms with E-state index >= 15 is 0 Å². The number of hydrogen-bond donors (Lipinski definition) is 2. The van der Waals surface area contributed by atoms with Crippen LogP contribution in [0.4, 0.5) is 21.5 Å². The lowest BCUT2D eigenvalue weighted by molar-refractivity contribution is 0.0993. The van der Waals surface area contributed by atoms with Crippen LogP contribution in [0.2, 0.25) is 0 Å². The number of hydrogen-bond acceptors (Lipinski definition) is 4. The molecule has 0 unspecified atom stereocenters. The predicted octanol–water partition coefficient (Wildman–Crippen LogP) is 4.83. The molecule has 7 heteroatoms. The predicted molar refractivity (Wildman–Crippen MR) is 114 cm³/mol. The quantitative estimate of drug-likeness (QED) is 0.635. The summed E-state index contributed by atoms with van der Waals surface area (Å²) in [6.07, 6.45) is 3.50. The number of furan rings is 1. The summed E-state index contributed by atoms with van der Waals surface area (Å²) in [4.78, 5) is 27.2. The molecule has 0 spiro atoms. The summed E-state index contributed by atoms with van der Waals surface area (Å²) >= 11 is 0. The lowest BCUT2D eigenvalue weighted by atomic mass is 10.1. The highest BCUT2D eigenvalue weighted by Crippen LogP contribution is 2.32. The Bertz CT molecular complexity index is 1070. The molecule has 1 aromatic heterocycles. The molecule has 1 saturated heterocycles. The average Bonchev–Trinajstić information content (AvgIpc) is 3.45. The van der Waals surface area contributed by atoms with Crippen molar-refractivity contribution in [2.24, 2.45) is 0 Å². The highest BCUT2D eigenvalue weighted by molar-refractivity contribution is 6.08. The molecule has 1 aliphatic rings. The van der Waals surface area contributed by atoms with Gasteiger partial charge in [-0.25, -0.2) is 4.39 Å². The Hall–Kier alpha value is -3.61. The van der Waals surface area contributed by atoms with Gasteiger partial charge in [-0.15, -0.1) is 0 Å². The standard InChI is InChI=1S/C23H22FN3O3/c1-15-9-10-16(14-18(15)25-23(29)20-8-5-13-30-20)22(28)26-21-17(24)6-4-7-19(21)27-11-2-3-12-27/h4-10,13-14H,2-3,11-12H2,1H3,(H,25,29)(H,26,28). The zero-order valence-corrected chi connectivity index (χ0v) is 16.6. The summed E-state index contributed by atoms with van der Waals surface area (Å²) in [5.74, 6) is -1.17. The van der Waals surface area contributed by atoms with E-state index in [0.29, 0.717) is 16.9 Å². The normalized spacial score (nSPS) is 13.3. The number of nitrogens with zero attached hydrogens (tertiary/aromatic N) is 1. The van der Waals surface area contributed by atoms with Crippen LogP contribution < -0.4 is 15.5 Å². The van der Waals surface area contributed by atoms with Crippen LogP contribution in [0.1, 0.15) is 39.3 Å². The molecule has 0 atom stereocenters. The zero-order chi connectivity index (χ0) is 21.1. The maximum atomic E-state index is 14.5. The Morgan fingerprint density at radius 2 is 1.80 bits per heavy atom. The molecule has 2 heterocycles. The van der Waals surface area contributed by atoms with E-state index in [0.717, 1.165) is 31.5 Å². The Balaban J connectivity index is 1.57. The van der Waals surface area contributed by atoms with Crippen LogP contribution in [0.15, 0.2) is 59.2 Å². The van der Waals surface area contributed by atoms with Crippen molar-refractivity contribution in [3.8, 4) is 0 Å². The second-order valence-electron chi connectivity index (χ2n) is 7.24. The fourth-order valence-electron chi connectivity index (χ4n) is 3.53. The monoisotopic (exact) mass is 407 g/mol. The number of aryl methyl sites for hydroxylation is 1. The van der Waals surface area contributed by atoms with E-state index in [2.05, 4.69) is 15.5 Å². The smallest absolute Gasteiger partial charge is 0.291 e. The molecule has 154 valence electrons. The minimum absolute atomic E-state index is 0.172. The minimum atomic E-state index is -0.480. The van der Waals surface area contributed by atoms with E-state index in [1.807, 2.05) is 13.0 Å². The number of rotatable bonds is 5. The van der Waals surface area contributed by atoms with Crippen LogP contribution in [0.5, 0.6) is 0 Å². The van der Waals surface area contributed by atoms with Gasteiger partial charge in [-0.3, -0.25) is 9.59 Å². The molecular formula is C23H22FN3O3. The zero-order valence-electron chi connectivity index (χ0n) is 16.6. The van der Waals surface area contributed by atoms with E-state index in [4.69, 9.17) is 4.42 Å². The van der Waals surface area contributed by atoms with E-state index < -0.39 is 17.6 Å². The van der Waals surface area contributed by atoms with E-state index in [-0.39, 0.29) is 11.4 Å². The van der Waals surface area contributed by atoms with E-state index in [9.17, 15) is 14.0 Å². The van der Waals surface area contributed by atoms with Gasteiger partial charge in [-0.1, -0.05) is 12.1 Å². The van der Waals surface area contributed by atoms with Crippen molar-refractivity contribution in [1.82, 2.24) is 0 Å². The molecule has 2 amide bonds. The molecule has 0 radical (unpaired) electrons. The lowest BCUT2D eigenvalue weighted by Crippen LogP contribution is -2.22. The van der Waals surface area contributed by atoms with Gasteiger partial charge >= 0.3 is 0 Å². The van der Waals surface area contributed by atoms with Crippen LogP contribution in [0.3, 0.4) is 0 Å². The summed E-state index contributed by atoms with van der Waals surface area (Å²) in [6, 6.07) is 12.9. The molecule has 3 aromatic rings. The number of halogens is 1. The van der Waals surface area contributed by atoms with Crippen molar-refractivity contribution in [2.75, 3.05) is 28.6 Å². The molecule has 4 rings (SSSR count). The number of amides is 2. The Morgan fingerprint density at radius 1 is 1.00 bits per heavy atom. The molecule has 2 aromatic carbocycles. The Labute approximate surface area is 173 Å². The summed E-state index contributed by atoms with van der Waals surface area (Å²) in [7, 11) is 0. The van der Waals surface area contributed by atoms with Crippen LogP contribution >= 0.6 is 0 Å². The molecule has 6 nitrogen and oxygen atoms in total. The van der Waals surface area contributed by atoms with Crippen molar-refractivity contribution >= 4 is 28.9 Å². The number of para-hydroxylation sites is 1. The minimum Gasteiger partial charge on any atom is -0.459 e. The molecule has 2 N–H and O–H groups in total. The number of carbonyl (C=O) groups excluding carboxylic acids is 2. The molecule has 0 aliphatic carbocycles. The van der Waals surface area contributed by atoms with E-state index in [1.165, 1.54) is 12.3 Å². The van der Waals surface area contributed by atoms with Crippen molar-refractivity contribution in [3.63, 3.8) is 0 Å². The van der Waals surface area contributed by atoms with Gasteiger partial charge in [-0.05, 0) is 61.7 Å². The molecule has 1 aliphatic heterocycles. The Kier molecular flexibility index (Phi) is 5.52. The maximum Gasteiger partial charge on any atom is 0.291 e. The van der Waals surface area contributed by atoms with Crippen molar-refractivity contribution in [3.05, 3.63) is 77.5 Å². The van der Waals surface area contributed by atoms with Gasteiger partial charge in [-0.2, -0.15) is 0 Å². The SMILES string of the molecule is Cc1ccc(C(=O)Nc2c(F)cccc2N2CCCC2)cc1NC(=O)c1ccco1. The molecule has 1 fully saturated rings. The van der Waals surface area contributed by atoms with Crippen LogP contribution in [0, 0.1) is 12.7 Å². The summed E-state index contributed by atoms with van der Waals surface area (Å²) in [5, 5.41) is 5.46. The first-order valence-electron chi connectivity index (χ1n) is 9.83. The molecule has 0 saturated carbocycles. The largest absolute Gasteiger partial charge is 0.459 e. The third kappa shape index (κ3) is 4.05. The summed E-state index contributed by atoms with van der Waals surface area (Å²) < 4.78 is 19.6. The van der Waals surface area contributed by atoms with Gasteiger partial charge in [0.1, 0.15) is 11.5 Å². The topological polar surface area (TPSA) is 74.6 Å². The lowest BCUT2D eigenvalue weighted by Gasteiger charge is -2.22. The van der Waals surface area contributed by atoms with Gasteiger partial charge in [0, 0.05) is 24.3 Å². The first-order valence-corrected chi connectivity index (χ1v) is 9.83.